The third kappa shape index (κ3) is 2.95. The SMILES string of the molecule is COC(=O)CCC(=O)C1CCN1c1ccc(F)cc1F. The number of anilines is 1. The summed E-state index contributed by atoms with van der Waals surface area (Å²) in [6.45, 7) is 0.539. The molecule has 1 atom stereocenters. The molecule has 1 fully saturated rings. The summed E-state index contributed by atoms with van der Waals surface area (Å²) in [6, 6.07) is 2.83. The number of nitrogens with zero attached hydrogens (tertiary/aromatic N) is 1. The fraction of sp³-hybridized carbons (Fsp3) is 0.429. The zero-order valence-corrected chi connectivity index (χ0v) is 11.1. The Hall–Kier alpha value is -1.98. The first-order valence-corrected chi connectivity index (χ1v) is 6.34. The number of halogens is 2. The van der Waals surface area contributed by atoms with Gasteiger partial charge in [-0.2, -0.15) is 0 Å². The molecular formula is C14H15F2NO3. The highest BCUT2D eigenvalue weighted by Crippen LogP contribution is 2.30. The Morgan fingerprint density at radius 1 is 1.35 bits per heavy atom. The highest BCUT2D eigenvalue weighted by Gasteiger charge is 2.35. The number of hydrogen-bond donors (Lipinski definition) is 0. The van der Waals surface area contributed by atoms with Crippen LogP contribution in [0.4, 0.5) is 14.5 Å². The van der Waals surface area contributed by atoms with Crippen molar-refractivity contribution in [3.05, 3.63) is 29.8 Å². The van der Waals surface area contributed by atoms with Crippen molar-refractivity contribution in [1.82, 2.24) is 0 Å². The number of carbonyl (C=O) groups excluding carboxylic acids is 2. The average Bonchev–Trinajstić information content (AvgIpc) is 2.37. The number of ether oxygens (including phenoxy) is 1. The second kappa shape index (κ2) is 5.98. The lowest BCUT2D eigenvalue weighted by atomic mass is 9.94. The summed E-state index contributed by atoms with van der Waals surface area (Å²) >= 11 is 0. The first kappa shape index (κ1) is 14.4. The maximum Gasteiger partial charge on any atom is 0.305 e. The van der Waals surface area contributed by atoms with E-state index in [-0.39, 0.29) is 24.3 Å². The van der Waals surface area contributed by atoms with Crippen molar-refractivity contribution in [3.8, 4) is 0 Å². The van der Waals surface area contributed by atoms with E-state index in [9.17, 15) is 18.4 Å². The molecule has 1 heterocycles. The Morgan fingerprint density at radius 2 is 2.10 bits per heavy atom. The molecule has 0 bridgehead atoms. The lowest BCUT2D eigenvalue weighted by Crippen LogP contribution is -2.53. The van der Waals surface area contributed by atoms with E-state index in [4.69, 9.17) is 0 Å². The Bertz CT molecular complexity index is 533. The van der Waals surface area contributed by atoms with E-state index in [1.54, 1.807) is 4.90 Å². The molecule has 1 unspecified atom stereocenters. The number of carbonyl (C=O) groups is 2. The second-order valence-corrected chi connectivity index (χ2v) is 4.64. The minimum Gasteiger partial charge on any atom is -0.469 e. The van der Waals surface area contributed by atoms with Gasteiger partial charge in [-0.3, -0.25) is 9.59 Å². The molecule has 0 aliphatic carbocycles. The van der Waals surface area contributed by atoms with Crippen molar-refractivity contribution < 1.29 is 23.1 Å². The Kier molecular flexibility index (Phi) is 4.32. The van der Waals surface area contributed by atoms with Gasteiger partial charge in [0.2, 0.25) is 0 Å². The monoisotopic (exact) mass is 283 g/mol. The lowest BCUT2D eigenvalue weighted by Gasteiger charge is -2.41. The van der Waals surface area contributed by atoms with Gasteiger partial charge in [0.05, 0.1) is 25.3 Å². The van der Waals surface area contributed by atoms with Gasteiger partial charge in [-0.05, 0) is 18.6 Å². The van der Waals surface area contributed by atoms with Crippen LogP contribution in [0.5, 0.6) is 0 Å². The predicted molar refractivity (Wildman–Crippen MR) is 68.4 cm³/mol. The van der Waals surface area contributed by atoms with E-state index in [2.05, 4.69) is 4.74 Å². The van der Waals surface area contributed by atoms with E-state index in [0.29, 0.717) is 13.0 Å². The van der Waals surface area contributed by atoms with Gasteiger partial charge < -0.3 is 9.64 Å². The first-order chi connectivity index (χ1) is 9.52. The summed E-state index contributed by atoms with van der Waals surface area (Å²) in [5.74, 6) is -1.92. The van der Waals surface area contributed by atoms with Gasteiger partial charge in [0.25, 0.3) is 0 Å². The molecule has 2 rings (SSSR count). The van der Waals surface area contributed by atoms with Crippen LogP contribution >= 0.6 is 0 Å². The van der Waals surface area contributed by atoms with Gasteiger partial charge in [0.1, 0.15) is 11.6 Å². The normalized spacial score (nSPS) is 17.6. The van der Waals surface area contributed by atoms with Crippen molar-refractivity contribution in [3.63, 3.8) is 0 Å². The molecule has 1 saturated heterocycles. The number of Topliss-reactive ketones (excluding diaryl/α,β-unsaturated/α-hetero) is 1. The number of esters is 1. The summed E-state index contributed by atoms with van der Waals surface area (Å²) < 4.78 is 31.0. The molecule has 20 heavy (non-hydrogen) atoms. The van der Waals surface area contributed by atoms with E-state index >= 15 is 0 Å². The summed E-state index contributed by atoms with van der Waals surface area (Å²) in [6.07, 6.45) is 0.694. The number of hydrogen-bond acceptors (Lipinski definition) is 4. The molecule has 0 radical (unpaired) electrons. The van der Waals surface area contributed by atoms with Gasteiger partial charge in [-0.25, -0.2) is 8.78 Å². The van der Waals surface area contributed by atoms with Gasteiger partial charge in [0.15, 0.2) is 5.78 Å². The van der Waals surface area contributed by atoms with Crippen molar-refractivity contribution >= 4 is 17.4 Å². The van der Waals surface area contributed by atoms with Gasteiger partial charge in [-0.15, -0.1) is 0 Å². The van der Waals surface area contributed by atoms with Crippen LogP contribution in [0.15, 0.2) is 18.2 Å². The van der Waals surface area contributed by atoms with Crippen LogP contribution < -0.4 is 4.90 Å². The van der Waals surface area contributed by atoms with E-state index < -0.39 is 23.6 Å². The third-order valence-corrected chi connectivity index (χ3v) is 3.41. The maximum absolute atomic E-state index is 13.7. The molecule has 108 valence electrons. The Morgan fingerprint density at radius 3 is 2.65 bits per heavy atom. The molecule has 1 aromatic rings. The van der Waals surface area contributed by atoms with Gasteiger partial charge in [-0.1, -0.05) is 0 Å². The molecule has 0 saturated carbocycles. The number of methoxy groups -OCH3 is 1. The molecule has 0 N–H and O–H groups in total. The molecule has 1 aromatic carbocycles. The zero-order valence-electron chi connectivity index (χ0n) is 11.1. The highest BCUT2D eigenvalue weighted by molar-refractivity contribution is 5.91. The number of benzene rings is 1. The van der Waals surface area contributed by atoms with Crippen molar-refractivity contribution in [2.45, 2.75) is 25.3 Å². The number of ketones is 1. The molecule has 1 aliphatic rings. The lowest BCUT2D eigenvalue weighted by molar-refractivity contribution is -0.142. The fourth-order valence-electron chi connectivity index (χ4n) is 2.22. The minimum absolute atomic E-state index is 0.0194. The van der Waals surface area contributed by atoms with Crippen LogP contribution in [0, 0.1) is 11.6 Å². The molecule has 0 spiro atoms. The predicted octanol–water partition coefficient (Wildman–Crippen LogP) is 2.07. The summed E-state index contributed by atoms with van der Waals surface area (Å²) in [4.78, 5) is 24.6. The second-order valence-electron chi connectivity index (χ2n) is 4.64. The largest absolute Gasteiger partial charge is 0.469 e. The molecule has 4 nitrogen and oxygen atoms in total. The zero-order chi connectivity index (χ0) is 14.7. The van der Waals surface area contributed by atoms with E-state index in [0.717, 1.165) is 12.1 Å². The third-order valence-electron chi connectivity index (χ3n) is 3.41. The van der Waals surface area contributed by atoms with Gasteiger partial charge >= 0.3 is 5.97 Å². The summed E-state index contributed by atoms with van der Waals surface area (Å²) in [5.41, 5.74) is 0.217. The van der Waals surface area contributed by atoms with Crippen LogP contribution in [-0.4, -0.2) is 31.4 Å². The maximum atomic E-state index is 13.7. The van der Waals surface area contributed by atoms with Crippen LogP contribution in [-0.2, 0) is 14.3 Å². The highest BCUT2D eigenvalue weighted by atomic mass is 19.1. The topological polar surface area (TPSA) is 46.6 Å². The fourth-order valence-corrected chi connectivity index (χ4v) is 2.22. The molecule has 1 aliphatic heterocycles. The summed E-state index contributed by atoms with van der Waals surface area (Å²) in [7, 11) is 1.26. The smallest absolute Gasteiger partial charge is 0.305 e. The molecular weight excluding hydrogens is 268 g/mol. The average molecular weight is 283 g/mol. The minimum atomic E-state index is -0.685. The Balaban J connectivity index is 2.01. The summed E-state index contributed by atoms with van der Waals surface area (Å²) in [5, 5.41) is 0. The van der Waals surface area contributed by atoms with Crippen LogP contribution in [0.1, 0.15) is 19.3 Å². The molecule has 6 heteroatoms. The van der Waals surface area contributed by atoms with Gasteiger partial charge in [0, 0.05) is 19.0 Å². The van der Waals surface area contributed by atoms with E-state index in [1.807, 2.05) is 0 Å². The van der Waals surface area contributed by atoms with Crippen LogP contribution in [0.25, 0.3) is 0 Å². The van der Waals surface area contributed by atoms with E-state index in [1.165, 1.54) is 13.2 Å². The first-order valence-electron chi connectivity index (χ1n) is 6.34. The van der Waals surface area contributed by atoms with Crippen molar-refractivity contribution in [2.24, 2.45) is 0 Å². The Labute approximate surface area is 115 Å². The van der Waals surface area contributed by atoms with Crippen LogP contribution in [0.3, 0.4) is 0 Å². The van der Waals surface area contributed by atoms with Crippen LogP contribution in [0.2, 0.25) is 0 Å². The quantitative estimate of drug-likeness (QED) is 0.776. The molecule has 0 aromatic heterocycles. The van der Waals surface area contributed by atoms with Crippen molar-refractivity contribution in [2.75, 3.05) is 18.6 Å². The molecule has 0 amide bonds. The van der Waals surface area contributed by atoms with Crippen molar-refractivity contribution in [1.29, 1.82) is 0 Å². The number of rotatable bonds is 5. The standard InChI is InChI=1S/C14H15F2NO3/c1-20-14(19)5-4-13(18)12-6-7-17(12)11-3-2-9(15)8-10(11)16/h2-3,8,12H,4-7H2,1H3.